The van der Waals surface area contributed by atoms with Gasteiger partial charge in [-0.25, -0.2) is 4.79 Å². The van der Waals surface area contributed by atoms with Gasteiger partial charge >= 0.3 is 11.9 Å². The highest BCUT2D eigenvalue weighted by Crippen LogP contribution is 2.43. The number of aliphatic carboxylic acids is 1. The van der Waals surface area contributed by atoms with Crippen LogP contribution in [0.25, 0.3) is 0 Å². The molecule has 9 nitrogen and oxygen atoms in total. The monoisotopic (exact) mass is 451 g/mol. The first-order chi connectivity index (χ1) is 15.4. The van der Waals surface area contributed by atoms with Crippen LogP contribution in [0.15, 0.2) is 30.3 Å². The molecular weight excluding hydrogens is 418 g/mol. The van der Waals surface area contributed by atoms with Crippen molar-refractivity contribution in [2.24, 2.45) is 11.3 Å². The molecule has 1 aliphatic rings. The van der Waals surface area contributed by atoms with Gasteiger partial charge in [-0.15, -0.1) is 0 Å². The number of aliphatic hydroxyl groups excluding tert-OH is 1. The lowest BCUT2D eigenvalue weighted by Gasteiger charge is -2.30. The van der Waals surface area contributed by atoms with Crippen molar-refractivity contribution in [1.29, 1.82) is 0 Å². The first-order valence-corrected chi connectivity index (χ1v) is 10.8. The zero-order valence-corrected chi connectivity index (χ0v) is 18.5. The number of amides is 1. The summed E-state index contributed by atoms with van der Waals surface area (Å²) in [5.41, 5.74) is -0.0733. The van der Waals surface area contributed by atoms with Crippen molar-refractivity contribution in [1.82, 2.24) is 5.32 Å². The molecule has 1 unspecified atom stereocenters. The highest BCUT2D eigenvalue weighted by atomic mass is 16.5. The fraction of sp³-hybridized carbons (Fsp3) is 0.609. The first kappa shape index (κ1) is 25.8. The van der Waals surface area contributed by atoms with Crippen LogP contribution in [0.2, 0.25) is 0 Å². The zero-order chi connectivity index (χ0) is 23.4. The molecule has 2 atom stereocenters. The second kappa shape index (κ2) is 13.1. The number of ether oxygens (including phenoxy) is 3. The van der Waals surface area contributed by atoms with Crippen LogP contribution >= 0.6 is 0 Å². The highest BCUT2D eigenvalue weighted by Gasteiger charge is 2.44. The molecule has 178 valence electrons. The summed E-state index contributed by atoms with van der Waals surface area (Å²) in [6.45, 7) is 0.351. The maximum Gasteiger partial charge on any atom is 0.337 e. The quantitative estimate of drug-likeness (QED) is 0.287. The Bertz CT molecular complexity index is 733. The maximum absolute atomic E-state index is 13.0. The number of hydrogen-bond donors (Lipinski definition) is 3. The van der Waals surface area contributed by atoms with E-state index >= 15 is 0 Å². The van der Waals surface area contributed by atoms with Crippen LogP contribution in [0.4, 0.5) is 0 Å². The second-order valence-electron chi connectivity index (χ2n) is 8.11. The molecule has 1 aromatic rings. The summed E-state index contributed by atoms with van der Waals surface area (Å²) in [5.74, 6) is -3.04. The standard InChI is InChI=1S/C23H33NO8/c1-30-11-12-31-16-18(20(26)27)13-23(9-5-6-10-23)22(29)24-14-19(25)21(28)32-15-17-7-3-2-4-8-17/h2-4,7-8,18-19,25H,5-6,9-16H2,1H3,(H,24,29)(H,26,27)/t18?,19-/m0/s1. The highest BCUT2D eigenvalue weighted by molar-refractivity contribution is 5.84. The number of carbonyl (C=O) groups is 3. The normalized spacial score (nSPS) is 16.8. The third-order valence-electron chi connectivity index (χ3n) is 5.73. The van der Waals surface area contributed by atoms with Gasteiger partial charge in [-0.1, -0.05) is 43.2 Å². The first-order valence-electron chi connectivity index (χ1n) is 10.8. The smallest absolute Gasteiger partial charge is 0.337 e. The van der Waals surface area contributed by atoms with Gasteiger partial charge in [-0.2, -0.15) is 0 Å². The SMILES string of the molecule is COCCOCC(CC1(C(=O)NC[C@H](O)C(=O)OCc2ccccc2)CCCC1)C(=O)O. The molecule has 3 N–H and O–H groups in total. The minimum absolute atomic E-state index is 0.0117. The number of carboxylic acid groups (broad SMARTS) is 1. The van der Waals surface area contributed by atoms with Crippen molar-refractivity contribution in [3.63, 3.8) is 0 Å². The van der Waals surface area contributed by atoms with Crippen molar-refractivity contribution < 1.29 is 38.8 Å². The average molecular weight is 452 g/mol. The van der Waals surface area contributed by atoms with E-state index in [1.807, 2.05) is 18.2 Å². The summed E-state index contributed by atoms with van der Waals surface area (Å²) in [6.07, 6.45) is 1.35. The van der Waals surface area contributed by atoms with E-state index in [1.165, 1.54) is 7.11 Å². The Hall–Kier alpha value is -2.49. The molecule has 0 heterocycles. The van der Waals surface area contributed by atoms with E-state index in [-0.39, 0.29) is 38.7 Å². The Labute approximate surface area is 188 Å². The van der Waals surface area contributed by atoms with Crippen molar-refractivity contribution >= 4 is 17.8 Å². The summed E-state index contributed by atoms with van der Waals surface area (Å²) < 4.78 is 15.4. The van der Waals surface area contributed by atoms with Gasteiger partial charge in [0.2, 0.25) is 5.91 Å². The van der Waals surface area contributed by atoms with Crippen LogP contribution in [0.1, 0.15) is 37.7 Å². The van der Waals surface area contributed by atoms with Gasteiger partial charge in [0.15, 0.2) is 6.10 Å². The van der Waals surface area contributed by atoms with Crippen molar-refractivity contribution in [2.75, 3.05) is 33.5 Å². The van der Waals surface area contributed by atoms with E-state index in [0.29, 0.717) is 19.4 Å². The molecule has 0 saturated heterocycles. The number of rotatable bonds is 14. The van der Waals surface area contributed by atoms with Crippen molar-refractivity contribution in [3.05, 3.63) is 35.9 Å². The molecule has 0 spiro atoms. The van der Waals surface area contributed by atoms with Gasteiger partial charge in [0.05, 0.1) is 37.7 Å². The van der Waals surface area contributed by atoms with Crippen LogP contribution in [-0.4, -0.2) is 67.6 Å². The number of carbonyl (C=O) groups excluding carboxylic acids is 2. The number of hydrogen-bond acceptors (Lipinski definition) is 7. The Kier molecular flexibility index (Phi) is 10.6. The minimum Gasteiger partial charge on any atom is -0.481 e. The number of aliphatic hydroxyl groups is 1. The van der Waals surface area contributed by atoms with Crippen LogP contribution in [0.3, 0.4) is 0 Å². The Morgan fingerprint density at radius 3 is 2.44 bits per heavy atom. The lowest BCUT2D eigenvalue weighted by Crippen LogP contribution is -2.46. The van der Waals surface area contributed by atoms with E-state index in [4.69, 9.17) is 14.2 Å². The van der Waals surface area contributed by atoms with Crippen molar-refractivity contribution in [3.8, 4) is 0 Å². The summed E-state index contributed by atoms with van der Waals surface area (Å²) in [4.78, 5) is 36.7. The number of esters is 1. The molecule has 1 saturated carbocycles. The lowest BCUT2D eigenvalue weighted by atomic mass is 9.77. The number of nitrogens with one attached hydrogen (secondary N) is 1. The molecule has 2 rings (SSSR count). The number of carboxylic acids is 1. The second-order valence-corrected chi connectivity index (χ2v) is 8.11. The summed E-state index contributed by atoms with van der Waals surface area (Å²) in [6, 6.07) is 9.06. The molecule has 1 aliphatic carbocycles. The van der Waals surface area contributed by atoms with E-state index in [1.54, 1.807) is 12.1 Å². The molecule has 0 radical (unpaired) electrons. The largest absolute Gasteiger partial charge is 0.481 e. The van der Waals surface area contributed by atoms with Crippen LogP contribution < -0.4 is 5.32 Å². The maximum atomic E-state index is 13.0. The fourth-order valence-corrected chi connectivity index (χ4v) is 3.92. The predicted molar refractivity (Wildman–Crippen MR) is 115 cm³/mol. The molecule has 1 aromatic carbocycles. The lowest BCUT2D eigenvalue weighted by molar-refractivity contribution is -0.155. The third kappa shape index (κ3) is 7.89. The molecule has 0 bridgehead atoms. The van der Waals surface area contributed by atoms with Gasteiger partial charge in [-0.05, 0) is 24.8 Å². The topological polar surface area (TPSA) is 131 Å². The van der Waals surface area contributed by atoms with Crippen molar-refractivity contribution in [2.45, 2.75) is 44.8 Å². The zero-order valence-electron chi connectivity index (χ0n) is 18.5. The van der Waals surface area contributed by atoms with Gasteiger partial charge in [-0.3, -0.25) is 9.59 Å². The molecule has 9 heteroatoms. The van der Waals surface area contributed by atoms with E-state index in [9.17, 15) is 24.6 Å². The fourth-order valence-electron chi connectivity index (χ4n) is 3.92. The van der Waals surface area contributed by atoms with Crippen LogP contribution in [0.5, 0.6) is 0 Å². The van der Waals surface area contributed by atoms with Crippen LogP contribution in [-0.2, 0) is 35.2 Å². The molecule has 1 fully saturated rings. The van der Waals surface area contributed by atoms with Gasteiger partial charge in [0.1, 0.15) is 6.61 Å². The molecular formula is C23H33NO8. The van der Waals surface area contributed by atoms with Gasteiger partial charge < -0.3 is 29.7 Å². The number of methoxy groups -OCH3 is 1. The number of benzene rings is 1. The summed E-state index contributed by atoms with van der Waals surface area (Å²) in [5, 5.41) is 22.3. The molecule has 0 aliphatic heterocycles. The molecule has 1 amide bonds. The molecule has 0 aromatic heterocycles. The van der Waals surface area contributed by atoms with Gasteiger partial charge in [0.25, 0.3) is 0 Å². The Morgan fingerprint density at radius 1 is 1.12 bits per heavy atom. The average Bonchev–Trinajstić information content (AvgIpc) is 3.28. The van der Waals surface area contributed by atoms with E-state index in [2.05, 4.69) is 5.32 Å². The Morgan fingerprint density at radius 2 is 1.81 bits per heavy atom. The Balaban J connectivity index is 1.88. The van der Waals surface area contributed by atoms with Crippen LogP contribution in [0, 0.1) is 11.3 Å². The van der Waals surface area contributed by atoms with Gasteiger partial charge in [0, 0.05) is 7.11 Å². The van der Waals surface area contributed by atoms with E-state index < -0.39 is 29.4 Å². The molecule has 32 heavy (non-hydrogen) atoms. The predicted octanol–water partition coefficient (Wildman–Crippen LogP) is 1.52. The summed E-state index contributed by atoms with van der Waals surface area (Å²) >= 11 is 0. The summed E-state index contributed by atoms with van der Waals surface area (Å²) in [7, 11) is 1.53. The minimum atomic E-state index is -1.51. The third-order valence-corrected chi connectivity index (χ3v) is 5.73. The van der Waals surface area contributed by atoms with E-state index in [0.717, 1.165) is 18.4 Å².